The van der Waals surface area contributed by atoms with E-state index in [4.69, 9.17) is 5.73 Å². The molecule has 0 aliphatic carbocycles. The molecular weight excluding hydrogens is 302 g/mol. The third-order valence-electron chi connectivity index (χ3n) is 2.25. The molecular formula is C9H9N7O4S. The van der Waals surface area contributed by atoms with E-state index >= 15 is 0 Å². The van der Waals surface area contributed by atoms with Crippen molar-refractivity contribution in [2.75, 3.05) is 5.73 Å². The van der Waals surface area contributed by atoms with Gasteiger partial charge in [0, 0.05) is 0 Å². The van der Waals surface area contributed by atoms with Gasteiger partial charge in [-0.25, -0.2) is 5.43 Å². The van der Waals surface area contributed by atoms with Crippen LogP contribution >= 0.6 is 11.3 Å². The molecule has 0 saturated carbocycles. The lowest BCUT2D eigenvalue weighted by molar-refractivity contribution is 0.0945. The van der Waals surface area contributed by atoms with Crippen molar-refractivity contribution in [1.29, 1.82) is 0 Å². The molecule has 12 heteroatoms. The minimum atomic E-state index is -0.810. The summed E-state index contributed by atoms with van der Waals surface area (Å²) < 4.78 is 0. The zero-order valence-corrected chi connectivity index (χ0v) is 11.3. The summed E-state index contributed by atoms with van der Waals surface area (Å²) in [5.74, 6) is -1.01. The van der Waals surface area contributed by atoms with Gasteiger partial charge in [0.1, 0.15) is 5.56 Å². The van der Waals surface area contributed by atoms with E-state index in [0.29, 0.717) is 11.3 Å². The molecule has 6 N–H and O–H groups in total. The smallest absolute Gasteiger partial charge is 0.310 e. The molecule has 0 aliphatic heterocycles. The van der Waals surface area contributed by atoms with Crippen LogP contribution in [0.2, 0.25) is 0 Å². The van der Waals surface area contributed by atoms with E-state index in [1.54, 1.807) is 0 Å². The largest absolute Gasteiger partial charge is 0.499 e. The molecule has 2 rings (SSSR count). The summed E-state index contributed by atoms with van der Waals surface area (Å²) in [5, 5.41) is 18.5. The number of nitrogens with one attached hydrogen (secondary N) is 3. The number of aromatic nitrogens is 4. The third kappa shape index (κ3) is 3.11. The van der Waals surface area contributed by atoms with E-state index in [2.05, 4.69) is 25.7 Å². The van der Waals surface area contributed by atoms with Crippen molar-refractivity contribution in [3.05, 3.63) is 31.4 Å². The van der Waals surface area contributed by atoms with Crippen LogP contribution in [0, 0.1) is 0 Å². The van der Waals surface area contributed by atoms with E-state index in [9.17, 15) is 19.5 Å². The predicted octanol–water partition coefficient (Wildman–Crippen LogP) is -1.64. The molecule has 2 aromatic heterocycles. The summed E-state index contributed by atoms with van der Waals surface area (Å²) in [6, 6.07) is 0. The fourth-order valence-corrected chi connectivity index (χ4v) is 2.02. The van der Waals surface area contributed by atoms with E-state index in [1.807, 2.05) is 4.98 Å². The number of aromatic amines is 2. The van der Waals surface area contributed by atoms with Gasteiger partial charge in [0.05, 0.1) is 5.71 Å². The van der Waals surface area contributed by atoms with Crippen molar-refractivity contribution in [2.24, 2.45) is 5.10 Å². The van der Waals surface area contributed by atoms with Gasteiger partial charge in [0.25, 0.3) is 5.56 Å². The molecule has 11 nitrogen and oxygen atoms in total. The minimum Gasteiger partial charge on any atom is -0.499 e. The Morgan fingerprint density at radius 2 is 2.19 bits per heavy atom. The first-order chi connectivity index (χ1) is 9.88. The number of aromatic hydroxyl groups is 1. The van der Waals surface area contributed by atoms with Crippen molar-refractivity contribution in [2.45, 2.75) is 6.92 Å². The Labute approximate surface area is 119 Å². The van der Waals surface area contributed by atoms with Crippen molar-refractivity contribution in [1.82, 2.24) is 25.6 Å². The average molecular weight is 311 g/mol. The summed E-state index contributed by atoms with van der Waals surface area (Å²) in [6.45, 7) is 1.37. The average Bonchev–Trinajstić information content (AvgIpc) is 2.81. The second-order valence-electron chi connectivity index (χ2n) is 3.70. The van der Waals surface area contributed by atoms with Crippen molar-refractivity contribution >= 4 is 28.9 Å². The quantitative estimate of drug-likeness (QED) is 0.333. The normalized spacial score (nSPS) is 11.4. The Hall–Kier alpha value is -3.02. The number of hydrazone groups is 1. The number of hydrogen-bond donors (Lipinski definition) is 5. The minimum absolute atomic E-state index is 0.00540. The first-order valence-corrected chi connectivity index (χ1v) is 6.19. The molecule has 0 atom stereocenters. The summed E-state index contributed by atoms with van der Waals surface area (Å²) in [5.41, 5.74) is 6.33. The number of H-pyrrole nitrogens is 2. The number of carbonyl (C=O) groups is 1. The summed E-state index contributed by atoms with van der Waals surface area (Å²) in [4.78, 5) is 39.1. The van der Waals surface area contributed by atoms with Crippen LogP contribution in [0.15, 0.2) is 14.7 Å². The van der Waals surface area contributed by atoms with Crippen molar-refractivity contribution in [3.63, 3.8) is 0 Å². The van der Waals surface area contributed by atoms with Gasteiger partial charge in [-0.15, -0.1) is 5.10 Å². The van der Waals surface area contributed by atoms with E-state index in [-0.39, 0.29) is 23.0 Å². The molecule has 2 aromatic rings. The van der Waals surface area contributed by atoms with Gasteiger partial charge in [-0.2, -0.15) is 10.1 Å². The second kappa shape index (κ2) is 5.54. The molecule has 0 saturated heterocycles. The van der Waals surface area contributed by atoms with Crippen LogP contribution in [0.5, 0.6) is 5.06 Å². The van der Waals surface area contributed by atoms with Crippen LogP contribution in [0.1, 0.15) is 23.1 Å². The summed E-state index contributed by atoms with van der Waals surface area (Å²) >= 11 is 0.441. The number of rotatable bonds is 3. The van der Waals surface area contributed by atoms with Crippen LogP contribution in [-0.4, -0.2) is 36.9 Å². The fraction of sp³-hybridized carbons (Fsp3) is 0.111. The van der Waals surface area contributed by atoms with Crippen molar-refractivity contribution in [3.8, 4) is 5.06 Å². The Bertz CT molecular complexity index is 833. The number of carbonyl (C=O) groups excluding carboxylic acids is 1. The molecule has 0 spiro atoms. The highest BCUT2D eigenvalue weighted by Crippen LogP contribution is 2.14. The summed E-state index contributed by atoms with van der Waals surface area (Å²) in [6.07, 6.45) is 0. The summed E-state index contributed by atoms with van der Waals surface area (Å²) in [7, 11) is 0. The highest BCUT2D eigenvalue weighted by Gasteiger charge is 2.14. The predicted molar refractivity (Wildman–Crippen MR) is 73.3 cm³/mol. The lowest BCUT2D eigenvalue weighted by atomic mass is 10.2. The number of nitrogens with zero attached hydrogens (tertiary/aromatic N) is 3. The number of nitrogen functional groups attached to an aromatic ring is 1. The topological polar surface area (TPSA) is 179 Å². The SMILES string of the molecule is C/C(=N/NC(=O)c1nc(N)n[nH]1)c1c(O)sc(=O)[nH]c1=O. The lowest BCUT2D eigenvalue weighted by Gasteiger charge is -2.01. The maximum Gasteiger partial charge on any atom is 0.310 e. The standard InChI is InChI=1S/C9H9N7O4S/c1-2(3-5(17)12-9(20)21-7(3)19)13-15-6(18)4-11-8(10)16-14-4/h19H,1H3,(H,15,18)(H,12,17,20)(H3,10,11,14,16)/b13-2-. The lowest BCUT2D eigenvalue weighted by Crippen LogP contribution is -2.25. The number of nitrogens with two attached hydrogens (primary N) is 1. The second-order valence-corrected chi connectivity index (χ2v) is 4.67. The highest BCUT2D eigenvalue weighted by molar-refractivity contribution is 7.11. The molecule has 0 unspecified atom stereocenters. The Balaban J connectivity index is 2.24. The monoisotopic (exact) mass is 311 g/mol. The molecule has 0 fully saturated rings. The number of anilines is 1. The third-order valence-corrected chi connectivity index (χ3v) is 2.94. The molecule has 2 heterocycles. The van der Waals surface area contributed by atoms with Crippen molar-refractivity contribution < 1.29 is 9.90 Å². The van der Waals surface area contributed by atoms with Crippen LogP contribution in [0.4, 0.5) is 5.95 Å². The molecule has 110 valence electrons. The fourth-order valence-electron chi connectivity index (χ4n) is 1.36. The van der Waals surface area contributed by atoms with Crippen LogP contribution in [-0.2, 0) is 0 Å². The molecule has 0 bridgehead atoms. The van der Waals surface area contributed by atoms with Gasteiger partial charge in [-0.3, -0.25) is 24.5 Å². The Morgan fingerprint density at radius 1 is 1.48 bits per heavy atom. The first kappa shape index (κ1) is 14.4. The highest BCUT2D eigenvalue weighted by atomic mass is 32.1. The van der Waals surface area contributed by atoms with E-state index in [0.717, 1.165) is 0 Å². The van der Waals surface area contributed by atoms with E-state index in [1.165, 1.54) is 6.92 Å². The zero-order chi connectivity index (χ0) is 15.6. The Kier molecular flexibility index (Phi) is 3.80. The van der Waals surface area contributed by atoms with Gasteiger partial charge in [-0.1, -0.05) is 0 Å². The van der Waals surface area contributed by atoms with Crippen LogP contribution < -0.4 is 21.6 Å². The van der Waals surface area contributed by atoms with E-state index < -0.39 is 21.4 Å². The maximum absolute atomic E-state index is 11.6. The molecule has 0 aromatic carbocycles. The maximum atomic E-state index is 11.6. The van der Waals surface area contributed by atoms with Gasteiger partial charge in [0.2, 0.25) is 11.8 Å². The van der Waals surface area contributed by atoms with Gasteiger partial charge in [0.15, 0.2) is 5.06 Å². The number of hydrogen-bond acceptors (Lipinski definition) is 9. The number of amides is 1. The van der Waals surface area contributed by atoms with Gasteiger partial charge in [-0.05, 0) is 18.3 Å². The van der Waals surface area contributed by atoms with Crippen LogP contribution in [0.3, 0.4) is 0 Å². The first-order valence-electron chi connectivity index (χ1n) is 5.37. The molecule has 1 amide bonds. The van der Waals surface area contributed by atoms with Crippen LogP contribution in [0.25, 0.3) is 0 Å². The van der Waals surface area contributed by atoms with Gasteiger partial charge >= 0.3 is 10.8 Å². The Morgan fingerprint density at radius 3 is 2.76 bits per heavy atom. The molecule has 21 heavy (non-hydrogen) atoms. The van der Waals surface area contributed by atoms with Gasteiger partial charge < -0.3 is 10.8 Å². The zero-order valence-electron chi connectivity index (χ0n) is 10.5. The molecule has 0 radical (unpaired) electrons. The molecule has 0 aliphatic rings.